The van der Waals surface area contributed by atoms with Crippen LogP contribution in [0.2, 0.25) is 0 Å². The van der Waals surface area contributed by atoms with Crippen LogP contribution in [0.4, 0.5) is 0 Å². The third-order valence-corrected chi connectivity index (χ3v) is 5.16. The molecule has 1 aliphatic carbocycles. The molecule has 0 N–H and O–H groups in total. The summed E-state index contributed by atoms with van der Waals surface area (Å²) < 4.78 is 11.4. The highest BCUT2D eigenvalue weighted by Crippen LogP contribution is 2.27. The summed E-state index contributed by atoms with van der Waals surface area (Å²) in [6.45, 7) is 3.02. The van der Waals surface area contributed by atoms with Crippen molar-refractivity contribution in [2.45, 2.75) is 63.4 Å². The summed E-state index contributed by atoms with van der Waals surface area (Å²) in [4.78, 5) is 13.3. The maximum Gasteiger partial charge on any atom is 0.293 e. The molecule has 126 valence electrons. The number of ether oxygens (including phenoxy) is 2. The van der Waals surface area contributed by atoms with Crippen LogP contribution in [0.25, 0.3) is 0 Å². The molecule has 0 amide bonds. The predicted molar refractivity (Wildman–Crippen MR) is 89.0 cm³/mol. The summed E-state index contributed by atoms with van der Waals surface area (Å²) >= 11 is 0. The Hall–Kier alpha value is -1.39. The van der Waals surface area contributed by atoms with Crippen molar-refractivity contribution in [2.75, 3.05) is 13.1 Å². The second kappa shape index (κ2) is 8.46. The summed E-state index contributed by atoms with van der Waals surface area (Å²) in [5.74, 6) is 0. The van der Waals surface area contributed by atoms with Crippen molar-refractivity contribution < 1.29 is 14.3 Å². The fraction of sp³-hybridized carbons (Fsp3) is 0.632. The Kier molecular flexibility index (Phi) is 6.06. The minimum absolute atomic E-state index is 0.0314. The highest BCUT2D eigenvalue weighted by molar-refractivity contribution is 5.37. The van der Waals surface area contributed by atoms with Gasteiger partial charge in [-0.15, -0.1) is 0 Å². The highest BCUT2D eigenvalue weighted by Gasteiger charge is 2.34. The lowest BCUT2D eigenvalue weighted by Gasteiger charge is -2.42. The maximum atomic E-state index is 10.8. The van der Waals surface area contributed by atoms with Crippen molar-refractivity contribution in [1.29, 1.82) is 0 Å². The Morgan fingerprint density at radius 1 is 1.04 bits per heavy atom. The van der Waals surface area contributed by atoms with Gasteiger partial charge >= 0.3 is 0 Å². The average molecular weight is 317 g/mol. The quantitative estimate of drug-likeness (QED) is 0.756. The molecule has 1 aliphatic heterocycles. The van der Waals surface area contributed by atoms with Crippen molar-refractivity contribution in [2.24, 2.45) is 0 Å². The highest BCUT2D eigenvalue weighted by atomic mass is 16.6. The zero-order chi connectivity index (χ0) is 15.9. The number of nitrogens with zero attached hydrogens (tertiary/aromatic N) is 1. The molecule has 1 aromatic rings. The van der Waals surface area contributed by atoms with E-state index in [0.717, 1.165) is 25.1 Å². The van der Waals surface area contributed by atoms with Crippen LogP contribution in [0.5, 0.6) is 0 Å². The van der Waals surface area contributed by atoms with Gasteiger partial charge in [0.25, 0.3) is 6.47 Å². The summed E-state index contributed by atoms with van der Waals surface area (Å²) in [7, 11) is 0. The lowest BCUT2D eigenvalue weighted by atomic mass is 9.92. The first-order chi connectivity index (χ1) is 11.4. The number of benzene rings is 1. The van der Waals surface area contributed by atoms with Gasteiger partial charge in [-0.3, -0.25) is 9.69 Å². The van der Waals surface area contributed by atoms with Crippen molar-refractivity contribution >= 4 is 6.47 Å². The fourth-order valence-electron chi connectivity index (χ4n) is 3.86. The molecule has 4 heteroatoms. The molecular formula is C19H27NO3. The molecule has 3 rings (SSSR count). The molecule has 23 heavy (non-hydrogen) atoms. The number of hydrogen-bond donors (Lipinski definition) is 0. The standard InChI is InChI=1S/C19H27NO3/c21-15-23-18-11-12-20(17-9-5-2-6-10-17)13-19(18)22-14-16-7-3-1-4-8-16/h1,3-4,7-8,15,17-19H,2,5-6,9-14H2/t18-,19+/m0/s1. The Morgan fingerprint density at radius 2 is 1.83 bits per heavy atom. The first-order valence-corrected chi connectivity index (χ1v) is 8.85. The van der Waals surface area contributed by atoms with E-state index in [0.29, 0.717) is 19.1 Å². The molecule has 4 nitrogen and oxygen atoms in total. The summed E-state index contributed by atoms with van der Waals surface area (Å²) in [5, 5.41) is 0. The van der Waals surface area contributed by atoms with Crippen LogP contribution >= 0.6 is 0 Å². The van der Waals surface area contributed by atoms with Gasteiger partial charge in [-0.05, 0) is 24.8 Å². The first-order valence-electron chi connectivity index (χ1n) is 8.85. The largest absolute Gasteiger partial charge is 0.462 e. The monoisotopic (exact) mass is 317 g/mol. The van der Waals surface area contributed by atoms with Gasteiger partial charge in [0.1, 0.15) is 12.2 Å². The van der Waals surface area contributed by atoms with E-state index in [1.54, 1.807) is 0 Å². The Balaban J connectivity index is 1.59. The van der Waals surface area contributed by atoms with Crippen molar-refractivity contribution in [1.82, 2.24) is 4.90 Å². The molecule has 0 unspecified atom stereocenters. The van der Waals surface area contributed by atoms with Gasteiger partial charge in [0.2, 0.25) is 0 Å². The van der Waals surface area contributed by atoms with E-state index in [-0.39, 0.29) is 12.2 Å². The Bertz CT molecular complexity index is 473. The van der Waals surface area contributed by atoms with Crippen LogP contribution in [0.1, 0.15) is 44.1 Å². The fourth-order valence-corrected chi connectivity index (χ4v) is 3.86. The van der Waals surface area contributed by atoms with E-state index in [1.807, 2.05) is 18.2 Å². The summed E-state index contributed by atoms with van der Waals surface area (Å²) in [6.07, 6.45) is 7.36. The van der Waals surface area contributed by atoms with Crippen LogP contribution in [-0.4, -0.2) is 42.7 Å². The van der Waals surface area contributed by atoms with E-state index in [1.165, 1.54) is 32.1 Å². The number of rotatable bonds is 6. The smallest absolute Gasteiger partial charge is 0.293 e. The minimum Gasteiger partial charge on any atom is -0.462 e. The van der Waals surface area contributed by atoms with E-state index >= 15 is 0 Å². The van der Waals surface area contributed by atoms with Gasteiger partial charge in [-0.1, -0.05) is 49.6 Å². The van der Waals surface area contributed by atoms with Gasteiger partial charge in [0.15, 0.2) is 0 Å². The SMILES string of the molecule is O=CO[C@H]1CCN(C2CCCCC2)C[C@H]1OCc1ccccc1. The maximum absolute atomic E-state index is 10.8. The minimum atomic E-state index is -0.115. The molecule has 1 aromatic carbocycles. The number of carbonyl (C=O) groups is 1. The van der Waals surface area contributed by atoms with Gasteiger partial charge in [-0.2, -0.15) is 0 Å². The lowest BCUT2D eigenvalue weighted by molar-refractivity contribution is -0.152. The molecule has 1 heterocycles. The third-order valence-electron chi connectivity index (χ3n) is 5.16. The van der Waals surface area contributed by atoms with E-state index in [2.05, 4.69) is 17.0 Å². The molecule has 0 radical (unpaired) electrons. The first kappa shape index (κ1) is 16.5. The van der Waals surface area contributed by atoms with Crippen LogP contribution in [0.3, 0.4) is 0 Å². The predicted octanol–water partition coefficient (Wildman–Crippen LogP) is 3.15. The summed E-state index contributed by atoms with van der Waals surface area (Å²) in [6, 6.07) is 10.9. The lowest BCUT2D eigenvalue weighted by Crippen LogP contribution is -2.52. The number of hydrogen-bond acceptors (Lipinski definition) is 4. The molecular weight excluding hydrogens is 290 g/mol. The van der Waals surface area contributed by atoms with Gasteiger partial charge in [-0.25, -0.2) is 0 Å². The van der Waals surface area contributed by atoms with Crippen molar-refractivity contribution in [3.63, 3.8) is 0 Å². The number of piperidine rings is 1. The van der Waals surface area contributed by atoms with E-state index in [4.69, 9.17) is 9.47 Å². The molecule has 2 fully saturated rings. The Labute approximate surface area is 138 Å². The zero-order valence-corrected chi connectivity index (χ0v) is 13.7. The topological polar surface area (TPSA) is 38.8 Å². The molecule has 2 aliphatic rings. The molecule has 0 aromatic heterocycles. The van der Waals surface area contributed by atoms with Crippen molar-refractivity contribution in [3.8, 4) is 0 Å². The van der Waals surface area contributed by atoms with Crippen LogP contribution in [0, 0.1) is 0 Å². The van der Waals surface area contributed by atoms with Crippen molar-refractivity contribution in [3.05, 3.63) is 35.9 Å². The van der Waals surface area contributed by atoms with E-state index < -0.39 is 0 Å². The molecule has 1 saturated carbocycles. The second-order valence-corrected chi connectivity index (χ2v) is 6.68. The van der Waals surface area contributed by atoms with Crippen LogP contribution in [-0.2, 0) is 20.9 Å². The molecule has 0 spiro atoms. The normalized spacial score (nSPS) is 26.8. The Morgan fingerprint density at radius 3 is 2.57 bits per heavy atom. The van der Waals surface area contributed by atoms with Gasteiger partial charge in [0.05, 0.1) is 6.61 Å². The van der Waals surface area contributed by atoms with E-state index in [9.17, 15) is 4.79 Å². The molecule has 2 atom stereocenters. The molecule has 0 bridgehead atoms. The summed E-state index contributed by atoms with van der Waals surface area (Å²) in [5.41, 5.74) is 1.16. The molecule has 1 saturated heterocycles. The average Bonchev–Trinajstić information content (AvgIpc) is 2.63. The van der Waals surface area contributed by atoms with Crippen LogP contribution < -0.4 is 0 Å². The second-order valence-electron chi connectivity index (χ2n) is 6.68. The number of likely N-dealkylation sites (tertiary alicyclic amines) is 1. The number of carbonyl (C=O) groups excluding carboxylic acids is 1. The van der Waals surface area contributed by atoms with Gasteiger partial charge < -0.3 is 9.47 Å². The van der Waals surface area contributed by atoms with Gasteiger partial charge in [0, 0.05) is 19.1 Å². The third kappa shape index (κ3) is 4.55. The zero-order valence-electron chi connectivity index (χ0n) is 13.7. The van der Waals surface area contributed by atoms with Crippen LogP contribution in [0.15, 0.2) is 30.3 Å².